The highest BCUT2D eigenvalue weighted by Gasteiger charge is 2.29. The first-order chi connectivity index (χ1) is 16.7. The third kappa shape index (κ3) is 7.57. The molecule has 1 aliphatic heterocycles. The predicted octanol–water partition coefficient (Wildman–Crippen LogP) is 4.69. The van der Waals surface area contributed by atoms with E-state index in [1.165, 1.54) is 37.3 Å². The van der Waals surface area contributed by atoms with E-state index in [4.69, 9.17) is 4.74 Å². The van der Waals surface area contributed by atoms with Crippen LogP contribution in [0.5, 0.6) is 0 Å². The third-order valence-electron chi connectivity index (χ3n) is 5.89. The van der Waals surface area contributed by atoms with Crippen LogP contribution in [0.4, 0.5) is 13.6 Å². The standard InChI is InChI=1S/C26H32F2N2O5S/c1-17-12-20(19-6-5-7-21(27)13-19)14-22(24(17)28)23(31)15-29-36(33,34)16-18-8-10-30(11-9-18)25(32)35-26(2,3)4/h5-7,12-14,18,29H,8-11,15-16H2,1-4H3. The number of piperidine rings is 1. The maximum absolute atomic E-state index is 14.7. The zero-order chi connectivity index (χ0) is 26.7. The predicted molar refractivity (Wildman–Crippen MR) is 133 cm³/mol. The summed E-state index contributed by atoms with van der Waals surface area (Å²) < 4.78 is 61.2. The van der Waals surface area contributed by atoms with E-state index in [0.717, 1.165) is 0 Å². The normalized spacial score (nSPS) is 15.1. The van der Waals surface area contributed by atoms with E-state index in [2.05, 4.69) is 4.72 Å². The minimum absolute atomic E-state index is 0.188. The summed E-state index contributed by atoms with van der Waals surface area (Å²) in [6.07, 6.45) is 0.542. The minimum Gasteiger partial charge on any atom is -0.444 e. The molecule has 2 aromatic carbocycles. The molecule has 0 spiro atoms. The van der Waals surface area contributed by atoms with Gasteiger partial charge in [0, 0.05) is 13.1 Å². The maximum Gasteiger partial charge on any atom is 0.410 e. The molecule has 0 saturated carbocycles. The third-order valence-corrected chi connectivity index (χ3v) is 7.38. The van der Waals surface area contributed by atoms with Gasteiger partial charge in [0.2, 0.25) is 10.0 Å². The van der Waals surface area contributed by atoms with Gasteiger partial charge in [0.05, 0.1) is 17.9 Å². The number of nitrogens with one attached hydrogen (secondary N) is 1. The molecule has 1 heterocycles. The van der Waals surface area contributed by atoms with Crippen LogP contribution in [0.2, 0.25) is 0 Å². The van der Waals surface area contributed by atoms with E-state index in [0.29, 0.717) is 37.1 Å². The minimum atomic E-state index is -3.82. The molecule has 1 fully saturated rings. The van der Waals surface area contributed by atoms with Gasteiger partial charge in [-0.2, -0.15) is 0 Å². The Labute approximate surface area is 210 Å². The number of carbonyl (C=O) groups excluding carboxylic acids is 2. The van der Waals surface area contributed by atoms with Gasteiger partial charge in [-0.15, -0.1) is 0 Å². The topological polar surface area (TPSA) is 92.8 Å². The van der Waals surface area contributed by atoms with Crippen molar-refractivity contribution in [3.8, 4) is 11.1 Å². The number of hydrogen-bond donors (Lipinski definition) is 1. The molecule has 7 nitrogen and oxygen atoms in total. The van der Waals surface area contributed by atoms with E-state index >= 15 is 0 Å². The van der Waals surface area contributed by atoms with Crippen LogP contribution in [-0.2, 0) is 14.8 Å². The van der Waals surface area contributed by atoms with Crippen LogP contribution in [0, 0.1) is 24.5 Å². The molecule has 1 saturated heterocycles. The van der Waals surface area contributed by atoms with Crippen molar-refractivity contribution >= 4 is 21.9 Å². The van der Waals surface area contributed by atoms with Crippen molar-refractivity contribution in [2.24, 2.45) is 5.92 Å². The fourth-order valence-corrected chi connectivity index (χ4v) is 5.48. The van der Waals surface area contributed by atoms with Crippen molar-refractivity contribution in [3.63, 3.8) is 0 Å². The summed E-state index contributed by atoms with van der Waals surface area (Å²) in [6.45, 7) is 6.99. The Bertz CT molecular complexity index is 1230. The van der Waals surface area contributed by atoms with Gasteiger partial charge in [-0.25, -0.2) is 26.7 Å². The Hall–Kier alpha value is -2.85. The van der Waals surface area contributed by atoms with E-state index in [1.807, 2.05) is 0 Å². The molecule has 196 valence electrons. The first-order valence-electron chi connectivity index (χ1n) is 11.8. The molecule has 0 radical (unpaired) electrons. The maximum atomic E-state index is 14.7. The van der Waals surface area contributed by atoms with E-state index < -0.39 is 45.7 Å². The number of amides is 1. The number of carbonyl (C=O) groups is 2. The van der Waals surface area contributed by atoms with Gasteiger partial charge in [-0.3, -0.25) is 4.79 Å². The number of rotatable bonds is 7. The van der Waals surface area contributed by atoms with Crippen molar-refractivity contribution in [1.82, 2.24) is 9.62 Å². The fourth-order valence-electron chi connectivity index (χ4n) is 4.06. The molecule has 0 aromatic heterocycles. The summed E-state index contributed by atoms with van der Waals surface area (Å²) in [7, 11) is -3.82. The Morgan fingerprint density at radius 2 is 1.75 bits per heavy atom. The van der Waals surface area contributed by atoms with Crippen molar-refractivity contribution < 1.29 is 31.5 Å². The smallest absolute Gasteiger partial charge is 0.410 e. The van der Waals surface area contributed by atoms with E-state index in [1.54, 1.807) is 31.7 Å². The highest BCUT2D eigenvalue weighted by atomic mass is 32.2. The van der Waals surface area contributed by atoms with Crippen molar-refractivity contribution in [1.29, 1.82) is 0 Å². The second-order valence-corrected chi connectivity index (χ2v) is 12.0. The van der Waals surface area contributed by atoms with Crippen LogP contribution in [0.3, 0.4) is 0 Å². The van der Waals surface area contributed by atoms with Gasteiger partial charge in [0.15, 0.2) is 5.78 Å². The number of Topliss-reactive ketones (excluding diaryl/α,β-unsaturated/α-hetero) is 1. The number of ether oxygens (including phenoxy) is 1. The van der Waals surface area contributed by atoms with Gasteiger partial charge in [-0.05, 0) is 87.4 Å². The number of hydrogen-bond acceptors (Lipinski definition) is 5. The summed E-state index contributed by atoms with van der Waals surface area (Å²) in [4.78, 5) is 26.5. The van der Waals surface area contributed by atoms with E-state index in [9.17, 15) is 26.8 Å². The van der Waals surface area contributed by atoms with Crippen molar-refractivity contribution in [2.75, 3.05) is 25.4 Å². The zero-order valence-electron chi connectivity index (χ0n) is 20.9. The van der Waals surface area contributed by atoms with Crippen LogP contribution in [0.25, 0.3) is 11.1 Å². The average molecular weight is 523 g/mol. The number of benzene rings is 2. The summed E-state index contributed by atoms with van der Waals surface area (Å²) >= 11 is 0. The van der Waals surface area contributed by atoms with E-state index in [-0.39, 0.29) is 22.8 Å². The summed E-state index contributed by atoms with van der Waals surface area (Å²) in [5.41, 5.74) is 0.256. The summed E-state index contributed by atoms with van der Waals surface area (Å²) in [6, 6.07) is 8.52. The average Bonchev–Trinajstić information content (AvgIpc) is 2.78. The second-order valence-electron chi connectivity index (χ2n) is 10.1. The number of sulfonamides is 1. The summed E-state index contributed by atoms with van der Waals surface area (Å²) in [5.74, 6) is -2.32. The summed E-state index contributed by atoms with van der Waals surface area (Å²) in [5, 5.41) is 0. The molecule has 36 heavy (non-hydrogen) atoms. The lowest BCUT2D eigenvalue weighted by atomic mass is 9.97. The molecule has 0 unspecified atom stereocenters. The monoisotopic (exact) mass is 522 g/mol. The van der Waals surface area contributed by atoms with Gasteiger partial charge in [0.1, 0.15) is 17.2 Å². The molecule has 2 aromatic rings. The first kappa shape index (κ1) is 27.7. The number of nitrogens with zero attached hydrogens (tertiary/aromatic N) is 1. The number of aryl methyl sites for hydroxylation is 1. The van der Waals surface area contributed by atoms with Crippen LogP contribution in [0.15, 0.2) is 36.4 Å². The number of ketones is 1. The number of likely N-dealkylation sites (tertiary alicyclic amines) is 1. The number of halogens is 2. The van der Waals surface area contributed by atoms with Crippen LogP contribution in [-0.4, -0.2) is 56.2 Å². The van der Waals surface area contributed by atoms with Crippen LogP contribution < -0.4 is 4.72 Å². The highest BCUT2D eigenvalue weighted by molar-refractivity contribution is 7.89. The molecular weight excluding hydrogens is 490 g/mol. The van der Waals surface area contributed by atoms with Gasteiger partial charge < -0.3 is 9.64 Å². The van der Waals surface area contributed by atoms with Crippen LogP contribution in [0.1, 0.15) is 49.5 Å². The molecular formula is C26H32F2N2O5S. The lowest BCUT2D eigenvalue weighted by Gasteiger charge is -2.33. The van der Waals surface area contributed by atoms with Gasteiger partial charge >= 0.3 is 6.09 Å². The largest absolute Gasteiger partial charge is 0.444 e. The lowest BCUT2D eigenvalue weighted by Crippen LogP contribution is -2.43. The molecule has 1 N–H and O–H groups in total. The second kappa shape index (κ2) is 11.0. The van der Waals surface area contributed by atoms with Gasteiger partial charge in [-0.1, -0.05) is 12.1 Å². The zero-order valence-corrected chi connectivity index (χ0v) is 21.8. The molecule has 1 amide bonds. The first-order valence-corrected chi connectivity index (χ1v) is 13.4. The lowest BCUT2D eigenvalue weighted by molar-refractivity contribution is 0.0191. The molecule has 1 aliphatic rings. The Morgan fingerprint density at radius 1 is 1.08 bits per heavy atom. The molecule has 0 bridgehead atoms. The van der Waals surface area contributed by atoms with Crippen molar-refractivity contribution in [3.05, 3.63) is 59.2 Å². The molecule has 0 atom stereocenters. The SMILES string of the molecule is Cc1cc(-c2cccc(F)c2)cc(C(=O)CNS(=O)(=O)CC2CCN(C(=O)OC(C)(C)C)CC2)c1F. The molecule has 10 heteroatoms. The molecule has 3 rings (SSSR count). The van der Waals surface area contributed by atoms with Crippen molar-refractivity contribution in [2.45, 2.75) is 46.1 Å². The quantitative estimate of drug-likeness (QED) is 0.533. The molecule has 0 aliphatic carbocycles. The fraction of sp³-hybridized carbons (Fsp3) is 0.462. The Morgan fingerprint density at radius 3 is 2.36 bits per heavy atom. The highest BCUT2D eigenvalue weighted by Crippen LogP contribution is 2.26. The Kier molecular flexibility index (Phi) is 8.51. The van der Waals surface area contributed by atoms with Gasteiger partial charge in [0.25, 0.3) is 0 Å². The Balaban J connectivity index is 1.59. The van der Waals surface area contributed by atoms with Crippen LogP contribution >= 0.6 is 0 Å².